The molecular weight excluding hydrogens is 426 g/mol. The van der Waals surface area contributed by atoms with Gasteiger partial charge in [0, 0.05) is 44.1 Å². The average molecular weight is 456 g/mol. The van der Waals surface area contributed by atoms with E-state index in [0.717, 1.165) is 73.2 Å². The minimum atomic E-state index is -0.0867. The second-order valence-corrected chi connectivity index (χ2v) is 9.90. The Hall–Kier alpha value is -3.32. The van der Waals surface area contributed by atoms with E-state index in [1.807, 2.05) is 30.6 Å². The van der Waals surface area contributed by atoms with Gasteiger partial charge in [-0.25, -0.2) is 0 Å². The predicted octanol–water partition coefficient (Wildman–Crippen LogP) is 3.62. The molecular formula is C27H29N5O2. The number of carbonyl (C=O) groups excluding carboxylic acids is 1. The topological polar surface area (TPSA) is 91.0 Å². The molecule has 3 aliphatic rings. The Labute approximate surface area is 198 Å². The van der Waals surface area contributed by atoms with Gasteiger partial charge in [-0.15, -0.1) is 0 Å². The molecule has 7 heteroatoms. The fourth-order valence-corrected chi connectivity index (χ4v) is 4.67. The van der Waals surface area contributed by atoms with Crippen molar-refractivity contribution in [1.29, 1.82) is 0 Å². The first kappa shape index (κ1) is 21.2. The maximum absolute atomic E-state index is 12.4. The van der Waals surface area contributed by atoms with E-state index in [-0.39, 0.29) is 11.5 Å². The zero-order valence-electron chi connectivity index (χ0n) is 19.2. The quantitative estimate of drug-likeness (QED) is 0.568. The number of aromatic nitrogens is 3. The van der Waals surface area contributed by atoms with Crippen LogP contribution >= 0.6 is 0 Å². The first-order valence-electron chi connectivity index (χ1n) is 12.3. The van der Waals surface area contributed by atoms with Gasteiger partial charge in [0.25, 0.3) is 11.5 Å². The summed E-state index contributed by atoms with van der Waals surface area (Å²) in [7, 11) is 0. The van der Waals surface area contributed by atoms with Crippen LogP contribution in [-0.2, 0) is 6.54 Å². The van der Waals surface area contributed by atoms with E-state index < -0.39 is 0 Å². The highest BCUT2D eigenvalue weighted by Crippen LogP contribution is 2.38. The number of nitrogens with one attached hydrogen (secondary N) is 2. The molecule has 174 valence electrons. The zero-order valence-corrected chi connectivity index (χ0v) is 19.2. The summed E-state index contributed by atoms with van der Waals surface area (Å²) in [6, 6.07) is 7.83. The monoisotopic (exact) mass is 455 g/mol. The summed E-state index contributed by atoms with van der Waals surface area (Å²) in [5.41, 5.74) is 6.51. The van der Waals surface area contributed by atoms with Gasteiger partial charge in [0.15, 0.2) is 0 Å². The molecule has 3 aromatic heterocycles. The SMILES string of the molecule is O=C(NCC1CC1)c1ccc(C2=CCN(Cc3cnc4cc(C5CC5)c(=O)[nH]c4c3)CC2)cn1. The van der Waals surface area contributed by atoms with Crippen LogP contribution in [-0.4, -0.2) is 45.4 Å². The molecule has 2 fully saturated rings. The van der Waals surface area contributed by atoms with E-state index in [0.29, 0.717) is 17.5 Å². The third-order valence-electron chi connectivity index (χ3n) is 7.11. The van der Waals surface area contributed by atoms with Gasteiger partial charge in [-0.1, -0.05) is 12.1 Å². The lowest BCUT2D eigenvalue weighted by Crippen LogP contribution is -2.28. The summed E-state index contributed by atoms with van der Waals surface area (Å²) in [5, 5.41) is 2.97. The summed E-state index contributed by atoms with van der Waals surface area (Å²) in [6.45, 7) is 3.32. The van der Waals surface area contributed by atoms with Crippen molar-refractivity contribution in [3.63, 3.8) is 0 Å². The summed E-state index contributed by atoms with van der Waals surface area (Å²) in [4.78, 5) is 39.0. The number of hydrogen-bond acceptors (Lipinski definition) is 5. The molecule has 0 bridgehead atoms. The van der Waals surface area contributed by atoms with Crippen LogP contribution in [0.3, 0.4) is 0 Å². The van der Waals surface area contributed by atoms with Gasteiger partial charge < -0.3 is 10.3 Å². The molecule has 0 spiro atoms. The lowest BCUT2D eigenvalue weighted by molar-refractivity contribution is 0.0947. The number of nitrogens with zero attached hydrogens (tertiary/aromatic N) is 3. The predicted molar refractivity (Wildman–Crippen MR) is 132 cm³/mol. The summed E-state index contributed by atoms with van der Waals surface area (Å²) < 4.78 is 0. The Morgan fingerprint density at radius 2 is 2.00 bits per heavy atom. The molecule has 0 saturated heterocycles. The Bertz CT molecular complexity index is 1320. The van der Waals surface area contributed by atoms with Gasteiger partial charge in [0.2, 0.25) is 0 Å². The molecule has 0 aromatic carbocycles. The van der Waals surface area contributed by atoms with Crippen molar-refractivity contribution < 1.29 is 4.79 Å². The number of hydrogen-bond donors (Lipinski definition) is 2. The van der Waals surface area contributed by atoms with Crippen LogP contribution in [0.5, 0.6) is 0 Å². The van der Waals surface area contributed by atoms with Gasteiger partial charge in [0.1, 0.15) is 5.69 Å². The van der Waals surface area contributed by atoms with Gasteiger partial charge in [-0.3, -0.25) is 24.5 Å². The molecule has 1 aliphatic heterocycles. The van der Waals surface area contributed by atoms with Crippen molar-refractivity contribution in [3.8, 4) is 0 Å². The molecule has 4 heterocycles. The van der Waals surface area contributed by atoms with E-state index in [9.17, 15) is 9.59 Å². The minimum Gasteiger partial charge on any atom is -0.350 e. The minimum absolute atomic E-state index is 0.0273. The van der Waals surface area contributed by atoms with Crippen LogP contribution in [0.15, 0.2) is 47.5 Å². The first-order valence-corrected chi connectivity index (χ1v) is 12.3. The van der Waals surface area contributed by atoms with Crippen molar-refractivity contribution >= 4 is 22.5 Å². The van der Waals surface area contributed by atoms with E-state index in [4.69, 9.17) is 0 Å². The summed E-state index contributed by atoms with van der Waals surface area (Å²) in [5.74, 6) is 0.989. The largest absolute Gasteiger partial charge is 0.350 e. The van der Waals surface area contributed by atoms with Crippen LogP contribution in [0.4, 0.5) is 0 Å². The van der Waals surface area contributed by atoms with Crippen LogP contribution < -0.4 is 10.9 Å². The highest BCUT2D eigenvalue weighted by Gasteiger charge is 2.26. The number of rotatable bonds is 7. The molecule has 2 saturated carbocycles. The molecule has 3 aromatic rings. The van der Waals surface area contributed by atoms with Crippen LogP contribution in [0.1, 0.15) is 65.2 Å². The number of pyridine rings is 3. The standard InChI is InChI=1S/C27H29N5O2/c33-26-22(20-3-4-20)12-24-25(31-26)11-18(14-28-24)16-32-9-7-19(8-10-32)21-5-6-23(29-15-21)27(34)30-13-17-1-2-17/h5-7,11-12,14-15,17,20H,1-4,8-10,13,16H2,(H,30,34)(H,31,33). The highest BCUT2D eigenvalue weighted by atomic mass is 16.2. The molecule has 1 amide bonds. The molecule has 2 aliphatic carbocycles. The van der Waals surface area contributed by atoms with E-state index in [2.05, 4.69) is 37.3 Å². The number of H-pyrrole nitrogens is 1. The van der Waals surface area contributed by atoms with Crippen LogP contribution in [0.2, 0.25) is 0 Å². The highest BCUT2D eigenvalue weighted by molar-refractivity contribution is 5.92. The maximum atomic E-state index is 12.4. The van der Waals surface area contributed by atoms with Crippen molar-refractivity contribution in [2.45, 2.75) is 44.6 Å². The van der Waals surface area contributed by atoms with E-state index in [1.54, 1.807) is 0 Å². The van der Waals surface area contributed by atoms with Gasteiger partial charge in [-0.05, 0) is 78.8 Å². The Kier molecular flexibility index (Phi) is 5.49. The van der Waals surface area contributed by atoms with Gasteiger partial charge in [-0.2, -0.15) is 0 Å². The van der Waals surface area contributed by atoms with E-state index in [1.165, 1.54) is 18.4 Å². The van der Waals surface area contributed by atoms with Crippen LogP contribution in [0.25, 0.3) is 16.6 Å². The summed E-state index contributed by atoms with van der Waals surface area (Å²) in [6.07, 6.45) is 11.6. The van der Waals surface area contributed by atoms with Crippen molar-refractivity contribution in [3.05, 3.63) is 75.5 Å². The normalized spacial score (nSPS) is 18.6. The third kappa shape index (κ3) is 4.66. The Morgan fingerprint density at radius 3 is 2.71 bits per heavy atom. The second kappa shape index (κ2) is 8.80. The second-order valence-electron chi connectivity index (χ2n) is 9.90. The Morgan fingerprint density at radius 1 is 1.12 bits per heavy atom. The molecule has 6 rings (SSSR count). The molecule has 7 nitrogen and oxygen atoms in total. The van der Waals surface area contributed by atoms with Crippen LogP contribution in [0, 0.1) is 5.92 Å². The average Bonchev–Trinajstić information content (AvgIpc) is 3.77. The number of fused-ring (bicyclic) bond motifs is 1. The fourth-order valence-electron chi connectivity index (χ4n) is 4.67. The molecule has 0 atom stereocenters. The molecule has 0 radical (unpaired) electrons. The first-order chi connectivity index (χ1) is 16.6. The summed E-state index contributed by atoms with van der Waals surface area (Å²) >= 11 is 0. The number of carbonyl (C=O) groups is 1. The lowest BCUT2D eigenvalue weighted by atomic mass is 10.0. The van der Waals surface area contributed by atoms with Crippen molar-refractivity contribution in [1.82, 2.24) is 25.2 Å². The smallest absolute Gasteiger partial charge is 0.269 e. The number of aromatic amines is 1. The van der Waals surface area contributed by atoms with Crippen molar-refractivity contribution in [2.24, 2.45) is 5.92 Å². The van der Waals surface area contributed by atoms with Gasteiger partial charge in [0.05, 0.1) is 11.0 Å². The van der Waals surface area contributed by atoms with E-state index >= 15 is 0 Å². The molecule has 0 unspecified atom stereocenters. The zero-order chi connectivity index (χ0) is 23.1. The van der Waals surface area contributed by atoms with Crippen molar-refractivity contribution in [2.75, 3.05) is 19.6 Å². The molecule has 2 N–H and O–H groups in total. The fraction of sp³-hybridized carbons (Fsp3) is 0.407. The third-order valence-corrected chi connectivity index (χ3v) is 7.11. The number of amides is 1. The maximum Gasteiger partial charge on any atom is 0.269 e. The lowest BCUT2D eigenvalue weighted by Gasteiger charge is -2.26. The van der Waals surface area contributed by atoms with Gasteiger partial charge >= 0.3 is 0 Å². The molecule has 34 heavy (non-hydrogen) atoms. The Balaban J connectivity index is 1.08.